The molecule has 0 saturated carbocycles. The summed E-state index contributed by atoms with van der Waals surface area (Å²) in [6.07, 6.45) is 0.449. The van der Waals surface area contributed by atoms with E-state index < -0.39 is 5.97 Å². The van der Waals surface area contributed by atoms with Crippen LogP contribution in [-0.4, -0.2) is 42.5 Å². The van der Waals surface area contributed by atoms with Gasteiger partial charge in [-0.25, -0.2) is 4.79 Å². The van der Waals surface area contributed by atoms with Gasteiger partial charge in [-0.05, 0) is 19.2 Å². The maximum Gasteiger partial charge on any atom is 0.345 e. The highest BCUT2D eigenvalue weighted by molar-refractivity contribution is 7.13. The van der Waals surface area contributed by atoms with E-state index in [1.807, 2.05) is 18.0 Å². The molecule has 0 saturated heterocycles. The third-order valence-corrected chi connectivity index (χ3v) is 3.36. The molecule has 0 aliphatic rings. The van der Waals surface area contributed by atoms with Gasteiger partial charge in [0, 0.05) is 31.4 Å². The summed E-state index contributed by atoms with van der Waals surface area (Å²) in [6.45, 7) is 1.31. The second-order valence-electron chi connectivity index (χ2n) is 3.73. The number of aromatic carboxylic acids is 1. The van der Waals surface area contributed by atoms with E-state index in [9.17, 15) is 9.59 Å². The lowest BCUT2D eigenvalue weighted by Crippen LogP contribution is -2.26. The third-order valence-electron chi connectivity index (χ3n) is 2.30. The van der Waals surface area contributed by atoms with Crippen LogP contribution in [0.25, 0.3) is 0 Å². The van der Waals surface area contributed by atoms with Crippen molar-refractivity contribution in [3.8, 4) is 0 Å². The highest BCUT2D eigenvalue weighted by atomic mass is 32.1. The zero-order valence-electron chi connectivity index (χ0n) is 9.90. The monoisotopic (exact) mass is 256 g/mol. The molecular weight excluding hydrogens is 240 g/mol. The van der Waals surface area contributed by atoms with Crippen LogP contribution < -0.4 is 5.32 Å². The maximum absolute atomic E-state index is 11.0. The van der Waals surface area contributed by atoms with Gasteiger partial charge in [0.2, 0.25) is 5.91 Å². The summed E-state index contributed by atoms with van der Waals surface area (Å²) in [4.78, 5) is 25.1. The van der Waals surface area contributed by atoms with Gasteiger partial charge in [0.15, 0.2) is 0 Å². The topological polar surface area (TPSA) is 69.6 Å². The van der Waals surface area contributed by atoms with Crippen LogP contribution in [0.15, 0.2) is 12.1 Å². The summed E-state index contributed by atoms with van der Waals surface area (Å²) < 4.78 is 0. The third kappa shape index (κ3) is 4.54. The fourth-order valence-corrected chi connectivity index (χ4v) is 2.27. The number of carbonyl (C=O) groups is 2. The van der Waals surface area contributed by atoms with Crippen molar-refractivity contribution in [1.29, 1.82) is 0 Å². The Balaban J connectivity index is 2.42. The SMILES string of the molecule is CNC(=O)CCN(C)Cc1ccc(C(=O)O)s1. The van der Waals surface area contributed by atoms with E-state index in [2.05, 4.69) is 5.32 Å². The van der Waals surface area contributed by atoms with Gasteiger partial charge in [-0.1, -0.05) is 0 Å². The van der Waals surface area contributed by atoms with E-state index >= 15 is 0 Å². The lowest BCUT2D eigenvalue weighted by molar-refractivity contribution is -0.120. The fraction of sp³-hybridized carbons (Fsp3) is 0.455. The lowest BCUT2D eigenvalue weighted by atomic mass is 10.3. The first-order chi connectivity index (χ1) is 8.02. The molecule has 0 fully saturated rings. The summed E-state index contributed by atoms with van der Waals surface area (Å²) in [5.41, 5.74) is 0. The first kappa shape index (κ1) is 13.7. The molecule has 1 amide bonds. The van der Waals surface area contributed by atoms with Gasteiger partial charge in [-0.2, -0.15) is 0 Å². The number of nitrogens with one attached hydrogen (secondary N) is 1. The summed E-state index contributed by atoms with van der Waals surface area (Å²) >= 11 is 1.27. The quantitative estimate of drug-likeness (QED) is 0.797. The van der Waals surface area contributed by atoms with E-state index in [0.717, 1.165) is 4.88 Å². The number of carboxylic acid groups (broad SMARTS) is 1. The molecule has 0 atom stereocenters. The number of carbonyl (C=O) groups excluding carboxylic acids is 1. The zero-order valence-corrected chi connectivity index (χ0v) is 10.7. The molecule has 1 aromatic heterocycles. The Hall–Kier alpha value is -1.40. The van der Waals surface area contributed by atoms with Crippen molar-refractivity contribution in [2.45, 2.75) is 13.0 Å². The van der Waals surface area contributed by atoms with Gasteiger partial charge in [0.25, 0.3) is 0 Å². The van der Waals surface area contributed by atoms with Crippen molar-refractivity contribution < 1.29 is 14.7 Å². The first-order valence-electron chi connectivity index (χ1n) is 5.24. The van der Waals surface area contributed by atoms with Crippen molar-refractivity contribution in [1.82, 2.24) is 10.2 Å². The Morgan fingerprint density at radius 2 is 2.18 bits per heavy atom. The molecule has 94 valence electrons. The number of hydrogen-bond donors (Lipinski definition) is 2. The van der Waals surface area contributed by atoms with Crippen molar-refractivity contribution >= 4 is 23.2 Å². The number of carboxylic acids is 1. The van der Waals surface area contributed by atoms with Crippen molar-refractivity contribution in [3.63, 3.8) is 0 Å². The van der Waals surface area contributed by atoms with E-state index in [1.165, 1.54) is 11.3 Å². The predicted molar refractivity (Wildman–Crippen MR) is 66.3 cm³/mol. The van der Waals surface area contributed by atoms with Crippen LogP contribution in [0.1, 0.15) is 21.0 Å². The Kier molecular flexibility index (Phi) is 5.11. The fourth-order valence-electron chi connectivity index (χ4n) is 1.34. The molecule has 0 radical (unpaired) electrons. The molecule has 0 unspecified atom stereocenters. The van der Waals surface area contributed by atoms with Gasteiger partial charge < -0.3 is 15.3 Å². The second-order valence-corrected chi connectivity index (χ2v) is 4.90. The van der Waals surface area contributed by atoms with E-state index in [-0.39, 0.29) is 5.91 Å². The summed E-state index contributed by atoms with van der Waals surface area (Å²) in [6, 6.07) is 3.42. The molecular formula is C11H16N2O3S. The molecule has 5 nitrogen and oxygen atoms in total. The van der Waals surface area contributed by atoms with Gasteiger partial charge in [0.1, 0.15) is 4.88 Å². The Labute approximate surface area is 104 Å². The molecule has 0 spiro atoms. The zero-order chi connectivity index (χ0) is 12.8. The maximum atomic E-state index is 11.0. The average molecular weight is 256 g/mol. The van der Waals surface area contributed by atoms with Crippen LogP contribution in [0.2, 0.25) is 0 Å². The van der Waals surface area contributed by atoms with Crippen LogP contribution in [0.3, 0.4) is 0 Å². The van der Waals surface area contributed by atoms with E-state index in [0.29, 0.717) is 24.4 Å². The molecule has 2 N–H and O–H groups in total. The molecule has 0 aliphatic heterocycles. The molecule has 1 aromatic rings. The smallest absolute Gasteiger partial charge is 0.345 e. The Morgan fingerprint density at radius 3 is 2.71 bits per heavy atom. The average Bonchev–Trinajstić information content (AvgIpc) is 2.74. The molecule has 1 heterocycles. The standard InChI is InChI=1S/C11H16N2O3S/c1-12-10(14)5-6-13(2)7-8-3-4-9(17-8)11(15)16/h3-4H,5-7H2,1-2H3,(H,12,14)(H,15,16). The molecule has 17 heavy (non-hydrogen) atoms. The molecule has 0 aliphatic carbocycles. The summed E-state index contributed by atoms with van der Waals surface area (Å²) in [7, 11) is 3.52. The van der Waals surface area contributed by atoms with Gasteiger partial charge in [-0.15, -0.1) is 11.3 Å². The van der Waals surface area contributed by atoms with Gasteiger partial charge >= 0.3 is 5.97 Å². The highest BCUT2D eigenvalue weighted by Crippen LogP contribution is 2.17. The van der Waals surface area contributed by atoms with E-state index in [4.69, 9.17) is 5.11 Å². The van der Waals surface area contributed by atoms with Gasteiger partial charge in [-0.3, -0.25) is 4.79 Å². The minimum Gasteiger partial charge on any atom is -0.477 e. The largest absolute Gasteiger partial charge is 0.477 e. The van der Waals surface area contributed by atoms with Crippen LogP contribution in [-0.2, 0) is 11.3 Å². The normalized spacial score (nSPS) is 10.5. The first-order valence-corrected chi connectivity index (χ1v) is 6.05. The minimum atomic E-state index is -0.894. The second kappa shape index (κ2) is 6.36. The van der Waals surface area contributed by atoms with Crippen LogP contribution in [0.5, 0.6) is 0 Å². The van der Waals surface area contributed by atoms with E-state index in [1.54, 1.807) is 13.1 Å². The lowest BCUT2D eigenvalue weighted by Gasteiger charge is -2.14. The van der Waals surface area contributed by atoms with Crippen molar-refractivity contribution in [2.75, 3.05) is 20.6 Å². The molecule has 6 heteroatoms. The Bertz CT molecular complexity index is 403. The Morgan fingerprint density at radius 1 is 1.47 bits per heavy atom. The number of hydrogen-bond acceptors (Lipinski definition) is 4. The van der Waals surface area contributed by atoms with Crippen molar-refractivity contribution in [3.05, 3.63) is 21.9 Å². The number of thiophene rings is 1. The summed E-state index contributed by atoms with van der Waals surface area (Å²) in [5.74, 6) is -0.886. The minimum absolute atomic E-state index is 0.00857. The van der Waals surface area contributed by atoms with Crippen LogP contribution >= 0.6 is 11.3 Å². The number of nitrogens with zero attached hydrogens (tertiary/aromatic N) is 1. The number of rotatable bonds is 6. The van der Waals surface area contributed by atoms with Gasteiger partial charge in [0.05, 0.1) is 0 Å². The molecule has 1 rings (SSSR count). The molecule has 0 aromatic carbocycles. The summed E-state index contributed by atoms with van der Waals surface area (Å²) in [5, 5.41) is 11.3. The molecule has 0 bridgehead atoms. The predicted octanol–water partition coefficient (Wildman–Crippen LogP) is 1.01. The van der Waals surface area contributed by atoms with Crippen LogP contribution in [0, 0.1) is 0 Å². The number of amides is 1. The van der Waals surface area contributed by atoms with Crippen molar-refractivity contribution in [2.24, 2.45) is 0 Å². The highest BCUT2D eigenvalue weighted by Gasteiger charge is 2.09. The van der Waals surface area contributed by atoms with Crippen LogP contribution in [0.4, 0.5) is 0 Å².